The SMILES string of the molecule is Cc1cc(N)cc(C(=O)OCCc2ccccn2)c1. The molecule has 0 unspecified atom stereocenters. The van der Waals surface area contributed by atoms with Crippen LogP contribution in [0.1, 0.15) is 21.6 Å². The van der Waals surface area contributed by atoms with Crippen molar-refractivity contribution in [2.75, 3.05) is 12.3 Å². The molecule has 2 rings (SSSR count). The average molecular weight is 256 g/mol. The number of benzene rings is 1. The molecule has 0 aliphatic carbocycles. The minimum Gasteiger partial charge on any atom is -0.462 e. The molecule has 19 heavy (non-hydrogen) atoms. The summed E-state index contributed by atoms with van der Waals surface area (Å²) in [7, 11) is 0. The van der Waals surface area contributed by atoms with Crippen LogP contribution in [0.4, 0.5) is 5.69 Å². The van der Waals surface area contributed by atoms with Crippen LogP contribution in [0.5, 0.6) is 0 Å². The van der Waals surface area contributed by atoms with Gasteiger partial charge in [-0.1, -0.05) is 6.07 Å². The van der Waals surface area contributed by atoms with Gasteiger partial charge in [-0.3, -0.25) is 4.98 Å². The molecular weight excluding hydrogens is 240 g/mol. The number of nitrogens with zero attached hydrogens (tertiary/aromatic N) is 1. The van der Waals surface area contributed by atoms with Crippen molar-refractivity contribution in [3.05, 3.63) is 59.4 Å². The Morgan fingerprint density at radius 3 is 2.84 bits per heavy atom. The van der Waals surface area contributed by atoms with Gasteiger partial charge in [0.25, 0.3) is 0 Å². The van der Waals surface area contributed by atoms with Crippen molar-refractivity contribution in [3.63, 3.8) is 0 Å². The number of hydrogen-bond donors (Lipinski definition) is 1. The van der Waals surface area contributed by atoms with Crippen molar-refractivity contribution in [1.29, 1.82) is 0 Å². The number of carbonyl (C=O) groups excluding carboxylic acids is 1. The van der Waals surface area contributed by atoms with Gasteiger partial charge in [-0.05, 0) is 42.8 Å². The van der Waals surface area contributed by atoms with Gasteiger partial charge in [-0.15, -0.1) is 0 Å². The van der Waals surface area contributed by atoms with Gasteiger partial charge in [-0.2, -0.15) is 0 Å². The molecule has 0 aliphatic heterocycles. The van der Waals surface area contributed by atoms with Crippen molar-refractivity contribution in [2.45, 2.75) is 13.3 Å². The summed E-state index contributed by atoms with van der Waals surface area (Å²) >= 11 is 0. The van der Waals surface area contributed by atoms with Crippen LogP contribution in [0.2, 0.25) is 0 Å². The van der Waals surface area contributed by atoms with Crippen LogP contribution < -0.4 is 5.73 Å². The first-order chi connectivity index (χ1) is 9.15. The number of esters is 1. The molecule has 0 aliphatic rings. The normalized spacial score (nSPS) is 10.2. The highest BCUT2D eigenvalue weighted by molar-refractivity contribution is 5.90. The second kappa shape index (κ2) is 6.00. The summed E-state index contributed by atoms with van der Waals surface area (Å²) in [5.41, 5.74) is 8.59. The van der Waals surface area contributed by atoms with Crippen LogP contribution in [0.3, 0.4) is 0 Å². The summed E-state index contributed by atoms with van der Waals surface area (Å²) in [5, 5.41) is 0. The fourth-order valence-electron chi connectivity index (χ4n) is 1.81. The topological polar surface area (TPSA) is 65.2 Å². The highest BCUT2D eigenvalue weighted by Crippen LogP contribution is 2.12. The summed E-state index contributed by atoms with van der Waals surface area (Å²) < 4.78 is 5.21. The van der Waals surface area contributed by atoms with Crippen molar-refractivity contribution < 1.29 is 9.53 Å². The van der Waals surface area contributed by atoms with Gasteiger partial charge in [0.1, 0.15) is 0 Å². The van der Waals surface area contributed by atoms with Gasteiger partial charge in [0, 0.05) is 24.0 Å². The summed E-state index contributed by atoms with van der Waals surface area (Å²) in [5.74, 6) is -0.355. The number of carbonyl (C=O) groups is 1. The molecule has 0 amide bonds. The zero-order valence-electron chi connectivity index (χ0n) is 10.8. The summed E-state index contributed by atoms with van der Waals surface area (Å²) in [4.78, 5) is 16.0. The molecule has 1 heterocycles. The Bertz CT molecular complexity index is 547. The minimum absolute atomic E-state index is 0.309. The molecular formula is C15H16N2O2. The van der Waals surface area contributed by atoms with Gasteiger partial charge < -0.3 is 10.5 Å². The molecule has 0 atom stereocenters. The Kier molecular flexibility index (Phi) is 4.13. The minimum atomic E-state index is -0.355. The maximum absolute atomic E-state index is 11.8. The quantitative estimate of drug-likeness (QED) is 0.673. The van der Waals surface area contributed by atoms with E-state index < -0.39 is 0 Å². The third kappa shape index (κ3) is 3.81. The largest absolute Gasteiger partial charge is 0.462 e. The maximum Gasteiger partial charge on any atom is 0.338 e. The van der Waals surface area contributed by atoms with E-state index in [1.165, 1.54) is 0 Å². The standard InChI is InChI=1S/C15H16N2O2/c1-11-8-12(10-13(16)9-11)15(18)19-7-5-14-4-2-3-6-17-14/h2-4,6,8-10H,5,7,16H2,1H3. The molecule has 0 radical (unpaired) electrons. The van der Waals surface area contributed by atoms with Crippen molar-refractivity contribution in [2.24, 2.45) is 0 Å². The summed E-state index contributed by atoms with van der Waals surface area (Å²) in [6.45, 7) is 2.20. The lowest BCUT2D eigenvalue weighted by Crippen LogP contribution is -2.09. The fourth-order valence-corrected chi connectivity index (χ4v) is 1.81. The summed E-state index contributed by atoms with van der Waals surface area (Å²) in [6.07, 6.45) is 2.33. The number of ether oxygens (including phenoxy) is 1. The molecule has 0 bridgehead atoms. The number of rotatable bonds is 4. The molecule has 1 aromatic carbocycles. The Morgan fingerprint density at radius 1 is 1.32 bits per heavy atom. The molecule has 0 saturated carbocycles. The Balaban J connectivity index is 1.91. The molecule has 4 heteroatoms. The van der Waals surface area contributed by atoms with Crippen molar-refractivity contribution in [1.82, 2.24) is 4.98 Å². The number of anilines is 1. The molecule has 2 N–H and O–H groups in total. The molecule has 0 spiro atoms. The molecule has 0 saturated heterocycles. The van der Waals surface area contributed by atoms with Gasteiger partial charge in [0.15, 0.2) is 0 Å². The van der Waals surface area contributed by atoms with Crippen LogP contribution in [-0.4, -0.2) is 17.6 Å². The lowest BCUT2D eigenvalue weighted by molar-refractivity contribution is 0.0508. The number of aromatic nitrogens is 1. The smallest absolute Gasteiger partial charge is 0.338 e. The zero-order valence-corrected chi connectivity index (χ0v) is 10.8. The first-order valence-corrected chi connectivity index (χ1v) is 6.09. The first kappa shape index (κ1) is 13.1. The number of hydrogen-bond acceptors (Lipinski definition) is 4. The Labute approximate surface area is 112 Å². The van der Waals surface area contributed by atoms with Crippen LogP contribution >= 0.6 is 0 Å². The van der Waals surface area contributed by atoms with E-state index in [4.69, 9.17) is 10.5 Å². The van der Waals surface area contributed by atoms with Gasteiger partial charge in [0.2, 0.25) is 0 Å². The third-order valence-corrected chi connectivity index (χ3v) is 2.65. The lowest BCUT2D eigenvalue weighted by atomic mass is 10.1. The highest BCUT2D eigenvalue weighted by Gasteiger charge is 2.08. The van der Waals surface area contributed by atoms with E-state index in [-0.39, 0.29) is 5.97 Å². The molecule has 0 fully saturated rings. The van der Waals surface area contributed by atoms with E-state index >= 15 is 0 Å². The van der Waals surface area contributed by atoms with Gasteiger partial charge >= 0.3 is 5.97 Å². The molecule has 1 aromatic heterocycles. The Hall–Kier alpha value is -2.36. The van der Waals surface area contributed by atoms with E-state index in [9.17, 15) is 4.79 Å². The van der Waals surface area contributed by atoms with Crippen LogP contribution in [-0.2, 0) is 11.2 Å². The van der Waals surface area contributed by atoms with E-state index in [0.29, 0.717) is 24.3 Å². The highest BCUT2D eigenvalue weighted by atomic mass is 16.5. The Morgan fingerprint density at radius 2 is 2.16 bits per heavy atom. The average Bonchev–Trinajstić information content (AvgIpc) is 2.38. The van der Waals surface area contributed by atoms with E-state index in [2.05, 4.69) is 4.98 Å². The predicted octanol–water partition coefficient (Wildman–Crippen LogP) is 2.37. The molecule has 4 nitrogen and oxygen atoms in total. The molecule has 2 aromatic rings. The third-order valence-electron chi connectivity index (χ3n) is 2.65. The predicted molar refractivity (Wildman–Crippen MR) is 73.8 cm³/mol. The van der Waals surface area contributed by atoms with Gasteiger partial charge in [0.05, 0.1) is 12.2 Å². The van der Waals surface area contributed by atoms with E-state index in [1.54, 1.807) is 18.3 Å². The summed E-state index contributed by atoms with van der Waals surface area (Å²) in [6, 6.07) is 10.9. The van der Waals surface area contributed by atoms with Crippen LogP contribution in [0, 0.1) is 6.92 Å². The van der Waals surface area contributed by atoms with Crippen LogP contribution in [0.15, 0.2) is 42.6 Å². The van der Waals surface area contributed by atoms with Crippen molar-refractivity contribution >= 4 is 11.7 Å². The van der Waals surface area contributed by atoms with Crippen LogP contribution in [0.25, 0.3) is 0 Å². The van der Waals surface area contributed by atoms with E-state index in [1.807, 2.05) is 31.2 Å². The number of aryl methyl sites for hydroxylation is 1. The van der Waals surface area contributed by atoms with Crippen molar-refractivity contribution in [3.8, 4) is 0 Å². The molecule has 98 valence electrons. The second-order valence-electron chi connectivity index (χ2n) is 4.34. The zero-order chi connectivity index (χ0) is 13.7. The monoisotopic (exact) mass is 256 g/mol. The number of pyridine rings is 1. The number of nitrogens with two attached hydrogens (primary N) is 1. The van der Waals surface area contributed by atoms with Gasteiger partial charge in [-0.25, -0.2) is 4.79 Å². The lowest BCUT2D eigenvalue weighted by Gasteiger charge is -2.06. The second-order valence-corrected chi connectivity index (χ2v) is 4.34. The first-order valence-electron chi connectivity index (χ1n) is 6.09. The fraction of sp³-hybridized carbons (Fsp3) is 0.200. The van der Waals surface area contributed by atoms with E-state index in [0.717, 1.165) is 11.3 Å². The maximum atomic E-state index is 11.8. The number of nitrogen functional groups attached to an aromatic ring is 1.